The molecule has 1 heterocycles. The summed E-state index contributed by atoms with van der Waals surface area (Å²) >= 11 is 1.91. The standard InChI is InChI=1S/C15H19NS/c1-10(2)13-6-7-14-15(8-13)17-9-11(3)12(4)16(14)5/h6-8,11H,1,4,9H2,2-3,5H3/t11-/m0/s1. The van der Waals surface area contributed by atoms with Crippen LogP contribution in [0.5, 0.6) is 0 Å². The second-order valence-electron chi connectivity index (χ2n) is 4.73. The van der Waals surface area contributed by atoms with Crippen molar-refractivity contribution in [3.05, 3.63) is 42.6 Å². The number of benzene rings is 1. The van der Waals surface area contributed by atoms with Crippen LogP contribution in [0.3, 0.4) is 0 Å². The Kier molecular flexibility index (Phi) is 3.34. The molecule has 0 aliphatic carbocycles. The number of fused-ring (bicyclic) bond motifs is 1. The van der Waals surface area contributed by atoms with Gasteiger partial charge in [-0.25, -0.2) is 0 Å². The molecule has 1 aromatic rings. The minimum absolute atomic E-state index is 0.519. The zero-order valence-electron chi connectivity index (χ0n) is 10.8. The molecule has 0 N–H and O–H groups in total. The molecule has 0 aromatic heterocycles. The van der Waals surface area contributed by atoms with E-state index in [0.29, 0.717) is 5.92 Å². The average Bonchev–Trinajstić information content (AvgIpc) is 2.42. The number of thioether (sulfide) groups is 1. The summed E-state index contributed by atoms with van der Waals surface area (Å²) in [5.41, 5.74) is 4.80. The molecule has 0 amide bonds. The van der Waals surface area contributed by atoms with E-state index in [-0.39, 0.29) is 0 Å². The normalized spacial score (nSPS) is 19.8. The van der Waals surface area contributed by atoms with Crippen LogP contribution in [0.25, 0.3) is 5.57 Å². The molecule has 0 saturated carbocycles. The molecule has 0 saturated heterocycles. The van der Waals surface area contributed by atoms with Crippen molar-refractivity contribution in [1.29, 1.82) is 0 Å². The molecule has 1 aliphatic heterocycles. The fourth-order valence-corrected chi connectivity index (χ4v) is 3.15. The van der Waals surface area contributed by atoms with Crippen LogP contribution in [0, 0.1) is 5.92 Å². The first-order valence-electron chi connectivity index (χ1n) is 5.86. The van der Waals surface area contributed by atoms with E-state index < -0.39 is 0 Å². The fraction of sp³-hybridized carbons (Fsp3) is 0.333. The Morgan fingerprint density at radius 3 is 2.82 bits per heavy atom. The maximum Gasteiger partial charge on any atom is 0.0544 e. The van der Waals surface area contributed by atoms with Gasteiger partial charge in [0.05, 0.1) is 5.69 Å². The maximum atomic E-state index is 4.19. The Balaban J connectivity index is 2.47. The molecule has 1 atom stereocenters. The zero-order valence-corrected chi connectivity index (χ0v) is 11.6. The summed E-state index contributed by atoms with van der Waals surface area (Å²) in [7, 11) is 2.10. The smallest absolute Gasteiger partial charge is 0.0544 e. The third-order valence-electron chi connectivity index (χ3n) is 3.30. The van der Waals surface area contributed by atoms with E-state index in [1.54, 1.807) is 0 Å². The van der Waals surface area contributed by atoms with E-state index in [1.165, 1.54) is 21.8 Å². The number of anilines is 1. The van der Waals surface area contributed by atoms with E-state index >= 15 is 0 Å². The van der Waals surface area contributed by atoms with E-state index in [2.05, 4.69) is 50.2 Å². The van der Waals surface area contributed by atoms with Gasteiger partial charge < -0.3 is 4.90 Å². The first kappa shape index (κ1) is 12.3. The van der Waals surface area contributed by atoms with Crippen LogP contribution in [0.1, 0.15) is 19.4 Å². The summed E-state index contributed by atoms with van der Waals surface area (Å²) in [6.07, 6.45) is 0. The van der Waals surface area contributed by atoms with E-state index in [9.17, 15) is 0 Å². The molecule has 2 rings (SSSR count). The largest absolute Gasteiger partial charge is 0.348 e. The highest BCUT2D eigenvalue weighted by Gasteiger charge is 2.20. The Hall–Kier alpha value is -1.15. The topological polar surface area (TPSA) is 3.24 Å². The van der Waals surface area contributed by atoms with Crippen molar-refractivity contribution in [3.8, 4) is 0 Å². The lowest BCUT2D eigenvalue weighted by Gasteiger charge is -2.24. The molecule has 90 valence electrons. The molecule has 0 spiro atoms. The minimum Gasteiger partial charge on any atom is -0.348 e. The lowest BCUT2D eigenvalue weighted by molar-refractivity contribution is 0.755. The minimum atomic E-state index is 0.519. The molecule has 0 fully saturated rings. The molecule has 0 unspecified atom stereocenters. The highest BCUT2D eigenvalue weighted by molar-refractivity contribution is 7.99. The van der Waals surface area contributed by atoms with Gasteiger partial charge in [-0.15, -0.1) is 11.8 Å². The van der Waals surface area contributed by atoms with Crippen molar-refractivity contribution < 1.29 is 0 Å². The molecule has 0 radical (unpaired) electrons. The van der Waals surface area contributed by atoms with Gasteiger partial charge in [-0.1, -0.05) is 31.7 Å². The number of hydrogen-bond acceptors (Lipinski definition) is 2. The van der Waals surface area contributed by atoms with Gasteiger partial charge in [0.1, 0.15) is 0 Å². The Morgan fingerprint density at radius 2 is 2.18 bits per heavy atom. The van der Waals surface area contributed by atoms with Crippen molar-refractivity contribution in [1.82, 2.24) is 0 Å². The van der Waals surface area contributed by atoms with Crippen LogP contribution >= 0.6 is 11.8 Å². The van der Waals surface area contributed by atoms with E-state index in [0.717, 1.165) is 11.3 Å². The van der Waals surface area contributed by atoms with E-state index in [1.807, 2.05) is 18.7 Å². The SMILES string of the molecule is C=C(C)c1ccc2c(c1)SC[C@H](C)C(=C)N2C. The Bertz CT molecular complexity index is 476. The summed E-state index contributed by atoms with van der Waals surface area (Å²) in [6, 6.07) is 6.56. The van der Waals surface area contributed by atoms with Crippen molar-refractivity contribution >= 4 is 23.0 Å². The predicted octanol–water partition coefficient (Wildman–Crippen LogP) is 4.41. The van der Waals surface area contributed by atoms with Crippen molar-refractivity contribution in [2.24, 2.45) is 5.92 Å². The first-order chi connectivity index (χ1) is 8.00. The van der Waals surface area contributed by atoms with Gasteiger partial charge in [0, 0.05) is 29.3 Å². The molecule has 1 aromatic carbocycles. The van der Waals surface area contributed by atoms with Crippen LogP contribution in [0.15, 0.2) is 41.9 Å². The second-order valence-corrected chi connectivity index (χ2v) is 5.79. The quantitative estimate of drug-likeness (QED) is 0.721. The van der Waals surface area contributed by atoms with Crippen LogP contribution < -0.4 is 4.90 Å². The Morgan fingerprint density at radius 1 is 1.47 bits per heavy atom. The zero-order chi connectivity index (χ0) is 12.6. The van der Waals surface area contributed by atoms with Gasteiger partial charge in [0.25, 0.3) is 0 Å². The highest BCUT2D eigenvalue weighted by atomic mass is 32.2. The molecule has 1 nitrogen and oxygen atoms in total. The van der Waals surface area contributed by atoms with Gasteiger partial charge in [0.2, 0.25) is 0 Å². The van der Waals surface area contributed by atoms with E-state index in [4.69, 9.17) is 0 Å². The summed E-state index contributed by atoms with van der Waals surface area (Å²) in [4.78, 5) is 3.54. The number of allylic oxidation sites excluding steroid dienone is 2. The van der Waals surface area contributed by atoms with Crippen LogP contribution in [-0.2, 0) is 0 Å². The average molecular weight is 245 g/mol. The summed E-state index contributed by atoms with van der Waals surface area (Å²) in [5, 5.41) is 0. The predicted molar refractivity (Wildman–Crippen MR) is 78.6 cm³/mol. The fourth-order valence-electron chi connectivity index (χ4n) is 1.97. The van der Waals surface area contributed by atoms with Crippen LogP contribution in [-0.4, -0.2) is 12.8 Å². The first-order valence-corrected chi connectivity index (χ1v) is 6.84. The van der Waals surface area contributed by atoms with Crippen molar-refractivity contribution in [3.63, 3.8) is 0 Å². The summed E-state index contributed by atoms with van der Waals surface area (Å²) in [6.45, 7) is 12.5. The third kappa shape index (κ3) is 2.27. The van der Waals surface area contributed by atoms with Crippen molar-refractivity contribution in [2.45, 2.75) is 18.7 Å². The lowest BCUT2D eigenvalue weighted by atomic mass is 10.1. The second kappa shape index (κ2) is 4.61. The monoisotopic (exact) mass is 245 g/mol. The molecule has 1 aliphatic rings. The molecular weight excluding hydrogens is 226 g/mol. The van der Waals surface area contributed by atoms with Crippen LogP contribution in [0.4, 0.5) is 5.69 Å². The van der Waals surface area contributed by atoms with Gasteiger partial charge in [-0.3, -0.25) is 0 Å². The lowest BCUT2D eigenvalue weighted by Crippen LogP contribution is -2.20. The molecule has 2 heteroatoms. The number of nitrogens with zero attached hydrogens (tertiary/aromatic N) is 1. The summed E-state index contributed by atoms with van der Waals surface area (Å²) < 4.78 is 0. The van der Waals surface area contributed by atoms with Gasteiger partial charge in [-0.05, 0) is 24.6 Å². The summed E-state index contributed by atoms with van der Waals surface area (Å²) in [5.74, 6) is 1.61. The highest BCUT2D eigenvalue weighted by Crippen LogP contribution is 2.39. The van der Waals surface area contributed by atoms with Crippen LogP contribution in [0.2, 0.25) is 0 Å². The molecule has 0 bridgehead atoms. The molecular formula is C15H19NS. The third-order valence-corrected chi connectivity index (χ3v) is 4.61. The van der Waals surface area contributed by atoms with Gasteiger partial charge in [-0.2, -0.15) is 0 Å². The van der Waals surface area contributed by atoms with Gasteiger partial charge >= 0.3 is 0 Å². The molecule has 17 heavy (non-hydrogen) atoms. The maximum absolute atomic E-state index is 4.19. The Labute approximate surface area is 108 Å². The number of hydrogen-bond donors (Lipinski definition) is 0. The van der Waals surface area contributed by atoms with Gasteiger partial charge in [0.15, 0.2) is 0 Å². The number of rotatable bonds is 1. The van der Waals surface area contributed by atoms with Crippen molar-refractivity contribution in [2.75, 3.05) is 17.7 Å².